The summed E-state index contributed by atoms with van der Waals surface area (Å²) >= 11 is 0. The molecule has 29 heavy (non-hydrogen) atoms. The highest BCUT2D eigenvalue weighted by atomic mass is 16.5. The first-order chi connectivity index (χ1) is 14.2. The van der Waals surface area contributed by atoms with E-state index in [0.29, 0.717) is 48.2 Å². The molecule has 0 fully saturated rings. The molecule has 0 atom stereocenters. The van der Waals surface area contributed by atoms with Gasteiger partial charge in [0.1, 0.15) is 0 Å². The van der Waals surface area contributed by atoms with Crippen molar-refractivity contribution in [1.29, 1.82) is 0 Å². The maximum absolute atomic E-state index is 13.2. The Labute approximate surface area is 175 Å². The number of hydrogen-bond acceptors (Lipinski definition) is 4. The van der Waals surface area contributed by atoms with Crippen molar-refractivity contribution < 1.29 is 19.0 Å². The zero-order valence-electron chi connectivity index (χ0n) is 18.0. The minimum absolute atomic E-state index is 0.0717. The molecule has 0 bridgehead atoms. The lowest BCUT2D eigenvalue weighted by atomic mass is 10.0. The molecule has 0 saturated carbocycles. The molecule has 0 saturated heterocycles. The largest absolute Gasteiger partial charge is 0.490 e. The van der Waals surface area contributed by atoms with E-state index in [1.165, 1.54) is 0 Å². The lowest BCUT2D eigenvalue weighted by molar-refractivity contribution is 0.103. The predicted molar refractivity (Wildman–Crippen MR) is 118 cm³/mol. The summed E-state index contributed by atoms with van der Waals surface area (Å²) in [4.78, 5) is 13.2. The fraction of sp³-hybridized carbons (Fsp3) is 0.480. The summed E-state index contributed by atoms with van der Waals surface area (Å²) in [5.41, 5.74) is 1.15. The Morgan fingerprint density at radius 3 is 1.83 bits per heavy atom. The zero-order chi connectivity index (χ0) is 20.9. The van der Waals surface area contributed by atoms with Crippen molar-refractivity contribution in [3.05, 3.63) is 53.6 Å². The predicted octanol–water partition coefficient (Wildman–Crippen LogP) is 6.45. The molecule has 0 aliphatic rings. The van der Waals surface area contributed by atoms with E-state index in [9.17, 15) is 4.79 Å². The van der Waals surface area contributed by atoms with Crippen molar-refractivity contribution in [3.63, 3.8) is 0 Å². The summed E-state index contributed by atoms with van der Waals surface area (Å²) in [5.74, 6) is 1.62. The summed E-state index contributed by atoms with van der Waals surface area (Å²) in [6, 6.07) is 12.9. The summed E-state index contributed by atoms with van der Waals surface area (Å²) in [6.07, 6.45) is 5.90. The molecular weight excluding hydrogens is 364 g/mol. The quantitative estimate of drug-likeness (QED) is 0.271. The van der Waals surface area contributed by atoms with Crippen LogP contribution in [0.3, 0.4) is 0 Å². The molecule has 158 valence electrons. The molecule has 4 nitrogen and oxygen atoms in total. The van der Waals surface area contributed by atoms with Crippen LogP contribution < -0.4 is 14.2 Å². The number of benzene rings is 2. The van der Waals surface area contributed by atoms with E-state index in [4.69, 9.17) is 14.2 Å². The highest BCUT2D eigenvalue weighted by Crippen LogP contribution is 2.41. The SMILES string of the molecule is CCCCOc1ccc(C(=O)c2ccccc2)c(OCCCC)c1OCCCC. The second kappa shape index (κ2) is 12.9. The van der Waals surface area contributed by atoms with Gasteiger partial charge in [0.05, 0.1) is 25.4 Å². The maximum Gasteiger partial charge on any atom is 0.204 e. The molecule has 2 aromatic carbocycles. The summed E-state index contributed by atoms with van der Waals surface area (Å²) in [7, 11) is 0. The number of rotatable bonds is 14. The van der Waals surface area contributed by atoms with E-state index in [-0.39, 0.29) is 5.78 Å². The average Bonchev–Trinajstić information content (AvgIpc) is 2.75. The maximum atomic E-state index is 13.2. The van der Waals surface area contributed by atoms with Crippen molar-refractivity contribution in [2.45, 2.75) is 59.3 Å². The van der Waals surface area contributed by atoms with Gasteiger partial charge in [-0.25, -0.2) is 0 Å². The second-order valence-corrected chi connectivity index (χ2v) is 7.07. The first-order valence-corrected chi connectivity index (χ1v) is 10.9. The zero-order valence-corrected chi connectivity index (χ0v) is 18.0. The van der Waals surface area contributed by atoms with Gasteiger partial charge >= 0.3 is 0 Å². The van der Waals surface area contributed by atoms with Crippen LogP contribution in [0.4, 0.5) is 0 Å². The molecule has 0 aliphatic heterocycles. The van der Waals surface area contributed by atoms with E-state index in [0.717, 1.165) is 38.5 Å². The molecule has 0 aliphatic carbocycles. The number of unbranched alkanes of at least 4 members (excludes halogenated alkanes) is 3. The molecule has 0 unspecified atom stereocenters. The van der Waals surface area contributed by atoms with Crippen molar-refractivity contribution >= 4 is 5.78 Å². The number of carbonyl (C=O) groups excluding carboxylic acids is 1. The van der Waals surface area contributed by atoms with Crippen LogP contribution in [-0.4, -0.2) is 25.6 Å². The van der Waals surface area contributed by atoms with Crippen LogP contribution >= 0.6 is 0 Å². The van der Waals surface area contributed by atoms with Crippen LogP contribution in [0.15, 0.2) is 42.5 Å². The van der Waals surface area contributed by atoms with Crippen molar-refractivity contribution in [2.24, 2.45) is 0 Å². The van der Waals surface area contributed by atoms with Crippen LogP contribution in [0.1, 0.15) is 75.2 Å². The van der Waals surface area contributed by atoms with Crippen LogP contribution in [0.25, 0.3) is 0 Å². The highest BCUT2D eigenvalue weighted by Gasteiger charge is 2.23. The average molecular weight is 399 g/mol. The van der Waals surface area contributed by atoms with Gasteiger partial charge in [0.2, 0.25) is 5.75 Å². The lowest BCUT2D eigenvalue weighted by Crippen LogP contribution is -2.11. The molecule has 0 spiro atoms. The monoisotopic (exact) mass is 398 g/mol. The Bertz CT molecular complexity index is 740. The minimum Gasteiger partial charge on any atom is -0.490 e. The Hall–Kier alpha value is -2.49. The topological polar surface area (TPSA) is 44.8 Å². The van der Waals surface area contributed by atoms with Crippen molar-refractivity contribution in [1.82, 2.24) is 0 Å². The van der Waals surface area contributed by atoms with Gasteiger partial charge < -0.3 is 14.2 Å². The van der Waals surface area contributed by atoms with Crippen LogP contribution in [0.2, 0.25) is 0 Å². The van der Waals surface area contributed by atoms with E-state index in [1.807, 2.05) is 36.4 Å². The van der Waals surface area contributed by atoms with Crippen LogP contribution in [0, 0.1) is 0 Å². The Kier molecular flexibility index (Phi) is 10.1. The van der Waals surface area contributed by atoms with Gasteiger partial charge in [-0.2, -0.15) is 0 Å². The Morgan fingerprint density at radius 2 is 1.24 bits per heavy atom. The molecule has 0 amide bonds. The fourth-order valence-corrected chi connectivity index (χ4v) is 2.83. The minimum atomic E-state index is -0.0717. The van der Waals surface area contributed by atoms with Crippen molar-refractivity contribution in [3.8, 4) is 17.2 Å². The first-order valence-electron chi connectivity index (χ1n) is 10.9. The van der Waals surface area contributed by atoms with E-state index in [2.05, 4.69) is 20.8 Å². The Morgan fingerprint density at radius 1 is 0.690 bits per heavy atom. The summed E-state index contributed by atoms with van der Waals surface area (Å²) in [5, 5.41) is 0. The van der Waals surface area contributed by atoms with Crippen LogP contribution in [0.5, 0.6) is 17.2 Å². The van der Waals surface area contributed by atoms with Gasteiger partial charge in [0, 0.05) is 5.56 Å². The number of ether oxygens (including phenoxy) is 3. The molecular formula is C25H34O4. The number of ketones is 1. The molecule has 0 heterocycles. The van der Waals surface area contributed by atoms with E-state index >= 15 is 0 Å². The van der Waals surface area contributed by atoms with Gasteiger partial charge in [-0.3, -0.25) is 4.79 Å². The second-order valence-electron chi connectivity index (χ2n) is 7.07. The third kappa shape index (κ3) is 6.81. The van der Waals surface area contributed by atoms with Gasteiger partial charge in [-0.1, -0.05) is 70.4 Å². The number of carbonyl (C=O) groups is 1. The lowest BCUT2D eigenvalue weighted by Gasteiger charge is -2.19. The molecule has 0 N–H and O–H groups in total. The van der Waals surface area contributed by atoms with Crippen molar-refractivity contribution in [2.75, 3.05) is 19.8 Å². The summed E-state index contributed by atoms with van der Waals surface area (Å²) < 4.78 is 18.2. The third-order valence-corrected chi connectivity index (χ3v) is 4.60. The molecule has 4 heteroatoms. The van der Waals surface area contributed by atoms with Gasteiger partial charge in [-0.05, 0) is 31.4 Å². The van der Waals surface area contributed by atoms with Gasteiger partial charge in [0.25, 0.3) is 0 Å². The summed E-state index contributed by atoms with van der Waals surface area (Å²) in [6.45, 7) is 8.07. The van der Waals surface area contributed by atoms with Gasteiger partial charge in [-0.15, -0.1) is 0 Å². The highest BCUT2D eigenvalue weighted by molar-refractivity contribution is 6.11. The normalized spacial score (nSPS) is 10.6. The van der Waals surface area contributed by atoms with Gasteiger partial charge in [0.15, 0.2) is 17.3 Å². The van der Waals surface area contributed by atoms with E-state index in [1.54, 1.807) is 6.07 Å². The molecule has 0 radical (unpaired) electrons. The molecule has 0 aromatic heterocycles. The Balaban J connectivity index is 2.44. The third-order valence-electron chi connectivity index (χ3n) is 4.60. The van der Waals surface area contributed by atoms with E-state index < -0.39 is 0 Å². The van der Waals surface area contributed by atoms with Crippen LogP contribution in [-0.2, 0) is 0 Å². The molecule has 2 aromatic rings. The molecule has 2 rings (SSSR count). The number of hydrogen-bond donors (Lipinski definition) is 0. The standard InChI is InChI=1S/C25H34O4/c1-4-7-17-27-22-16-15-21(23(26)20-13-11-10-12-14-20)24(28-18-8-5-2)25(22)29-19-9-6-3/h10-16H,4-9,17-19H2,1-3H3. The first kappa shape index (κ1) is 22.8. The smallest absolute Gasteiger partial charge is 0.204 e. The fourth-order valence-electron chi connectivity index (χ4n) is 2.83.